The topological polar surface area (TPSA) is 339 Å². The Balaban J connectivity index is 0.000000167. The molecule has 100 heavy (non-hydrogen) atoms. The minimum absolute atomic E-state index is 0.0328. The van der Waals surface area contributed by atoms with E-state index in [4.69, 9.17) is 35.3 Å². The molecule has 12 aromatic heterocycles. The van der Waals surface area contributed by atoms with Crippen molar-refractivity contribution in [1.29, 1.82) is 21.0 Å². The van der Waals surface area contributed by atoms with E-state index < -0.39 is 24.2 Å². The predicted molar refractivity (Wildman–Crippen MR) is 395 cm³/mol. The molecule has 0 aliphatic carbocycles. The summed E-state index contributed by atoms with van der Waals surface area (Å²) in [6, 6.07) is 19.9. The van der Waals surface area contributed by atoms with Crippen molar-refractivity contribution in [2.75, 3.05) is 19.8 Å². The Morgan fingerprint density at radius 1 is 0.470 bits per heavy atom. The third-order valence-electron chi connectivity index (χ3n) is 15.9. The molecule has 27 nitrogen and oxygen atoms in total. The van der Waals surface area contributed by atoms with Gasteiger partial charge in [-0.2, -0.15) is 41.4 Å². The fraction of sp³-hybridized carbons (Fsp3) is 0.400. The Labute approximate surface area is 586 Å². The molecule has 0 radical (unpaired) electrons. The number of ether oxygens (including phenoxy) is 3. The third kappa shape index (κ3) is 21.3. The number of hydrogen-bond donors (Lipinski definition) is 2. The van der Waals surface area contributed by atoms with Crippen LogP contribution in [0.15, 0.2) is 136 Å². The van der Waals surface area contributed by atoms with Gasteiger partial charge in [0.15, 0.2) is 0 Å². The fourth-order valence-electron chi connectivity index (χ4n) is 9.98. The second kappa shape index (κ2) is 35.9. The highest BCUT2D eigenvalue weighted by molar-refractivity contribution is 6.76. The molecule has 12 aromatic rings. The molecule has 0 saturated heterocycles. The minimum atomic E-state index is -1.09. The van der Waals surface area contributed by atoms with Crippen LogP contribution in [0.5, 0.6) is 0 Å². The molecule has 12 heterocycles. The summed E-state index contributed by atoms with van der Waals surface area (Å²) in [6.07, 6.45) is 33.2. The first-order valence-corrected chi connectivity index (χ1v) is 44.3. The number of aromatic nitrogens is 20. The van der Waals surface area contributed by atoms with E-state index in [0.717, 1.165) is 121 Å². The van der Waals surface area contributed by atoms with Crippen LogP contribution in [-0.4, -0.2) is 142 Å². The lowest BCUT2D eigenvalue weighted by Gasteiger charge is -2.15. The van der Waals surface area contributed by atoms with Crippen LogP contribution >= 0.6 is 0 Å². The van der Waals surface area contributed by atoms with Crippen molar-refractivity contribution in [3.63, 3.8) is 0 Å². The second-order valence-electron chi connectivity index (χ2n) is 27.6. The standard InChI is InChI=1S/2C19H26N6OSi.C15H21N5OSi.C13H12N6.C4H5N/c2*1-15(5-7-20)25-12-16(11-23-25)18-17-6-8-24(19(17)22-13-21-18)14-26-9-10-27(2,3)4;1-22(2,3)7-6-21-11-20-5-4-13-14(12-8-18-19-9-12)16-10-17-15(13)20;1-9(2-4-14)19-7-10(6-18-19)12-11-3-5-15-13(11)17-8-16-12;1-2-3-4-5/h2*6,8,11-13,15H,5,9-10,14H2,1-4H3;4-5,8-10H,6-7,11H2,1-3H3,(H,18,19);3,5-9H,2H2,1H3,(H,15,16,17);2-3H,1H3/b;;;;3-2+/t15-;;;9-;/m0..0./s1. The lowest BCUT2D eigenvalue weighted by Crippen LogP contribution is -2.22. The van der Waals surface area contributed by atoms with Gasteiger partial charge in [0.25, 0.3) is 0 Å². The third-order valence-corrected chi connectivity index (χ3v) is 21.0. The van der Waals surface area contributed by atoms with Crippen molar-refractivity contribution in [1.82, 2.24) is 98.1 Å². The van der Waals surface area contributed by atoms with Gasteiger partial charge < -0.3 is 32.9 Å². The number of hydrogen-bond acceptors (Lipinski definition) is 19. The summed E-state index contributed by atoms with van der Waals surface area (Å²) in [5, 5.41) is 58.0. The maximum absolute atomic E-state index is 8.87. The van der Waals surface area contributed by atoms with E-state index >= 15 is 0 Å². The molecule has 3 atom stereocenters. The molecule has 0 aromatic carbocycles. The summed E-state index contributed by atoms with van der Waals surface area (Å²) >= 11 is 0. The summed E-state index contributed by atoms with van der Waals surface area (Å²) in [4.78, 5) is 38.1. The van der Waals surface area contributed by atoms with Gasteiger partial charge in [-0.05, 0) is 70.1 Å². The van der Waals surface area contributed by atoms with Crippen LogP contribution in [0.1, 0.15) is 65.1 Å². The van der Waals surface area contributed by atoms with E-state index in [1.807, 2.05) is 131 Å². The number of aromatic amines is 2. The molecule has 0 aliphatic rings. The Bertz CT molecular complexity index is 4580. The Morgan fingerprint density at radius 2 is 0.830 bits per heavy atom. The number of H-pyrrole nitrogens is 2. The molecule has 1 unspecified atom stereocenters. The zero-order valence-electron chi connectivity index (χ0n) is 59.5. The summed E-state index contributed by atoms with van der Waals surface area (Å²) in [5.74, 6) is 0. The van der Waals surface area contributed by atoms with Gasteiger partial charge in [-0.3, -0.25) is 19.1 Å². The van der Waals surface area contributed by atoms with Crippen LogP contribution in [0.3, 0.4) is 0 Å². The number of nitrogens with one attached hydrogen (secondary N) is 2. The molecule has 0 aliphatic heterocycles. The van der Waals surface area contributed by atoms with Crippen LogP contribution in [0.4, 0.5) is 0 Å². The van der Waals surface area contributed by atoms with Gasteiger partial charge in [-0.25, -0.2) is 39.9 Å². The Kier molecular flexibility index (Phi) is 27.0. The molecule has 30 heteroatoms. The Morgan fingerprint density at radius 3 is 1.15 bits per heavy atom. The van der Waals surface area contributed by atoms with Gasteiger partial charge in [0.2, 0.25) is 0 Å². The second-order valence-corrected chi connectivity index (χ2v) is 44.5. The highest BCUT2D eigenvalue weighted by atomic mass is 28.3. The lowest BCUT2D eigenvalue weighted by molar-refractivity contribution is 0.0898. The zero-order valence-corrected chi connectivity index (χ0v) is 62.5. The summed E-state index contributed by atoms with van der Waals surface area (Å²) in [7, 11) is -3.23. The minimum Gasteiger partial charge on any atom is -0.361 e. The predicted octanol–water partition coefficient (Wildman–Crippen LogP) is 14.7. The molecule has 0 spiro atoms. The van der Waals surface area contributed by atoms with E-state index in [1.165, 1.54) is 18.4 Å². The van der Waals surface area contributed by atoms with Crippen molar-refractivity contribution in [2.24, 2.45) is 0 Å². The molecular formula is C70H90N24O3Si3. The maximum atomic E-state index is 8.87. The number of nitriles is 4. The van der Waals surface area contributed by atoms with Crippen LogP contribution in [0.25, 0.3) is 89.2 Å². The first-order valence-electron chi connectivity index (χ1n) is 33.2. The van der Waals surface area contributed by atoms with Gasteiger partial charge in [0.05, 0.1) is 109 Å². The van der Waals surface area contributed by atoms with Crippen molar-refractivity contribution >= 4 is 68.4 Å². The van der Waals surface area contributed by atoms with Crippen molar-refractivity contribution < 1.29 is 14.2 Å². The molecular weight excluding hydrogens is 1310 g/mol. The summed E-state index contributed by atoms with van der Waals surface area (Å²) in [6.45, 7) is 32.7. The summed E-state index contributed by atoms with van der Waals surface area (Å²) in [5.41, 5.74) is 10.6. The van der Waals surface area contributed by atoms with Crippen LogP contribution in [0, 0.1) is 45.3 Å². The smallest absolute Gasteiger partial charge is 0.145 e. The first kappa shape index (κ1) is 75.3. The van der Waals surface area contributed by atoms with Crippen LogP contribution in [0.2, 0.25) is 77.1 Å². The van der Waals surface area contributed by atoms with Crippen LogP contribution < -0.4 is 0 Å². The van der Waals surface area contributed by atoms with Crippen molar-refractivity contribution in [3.8, 4) is 69.3 Å². The molecule has 520 valence electrons. The van der Waals surface area contributed by atoms with Crippen molar-refractivity contribution in [3.05, 3.63) is 136 Å². The molecule has 0 amide bonds. The molecule has 0 bridgehead atoms. The Hall–Kier alpha value is -10.4. The highest BCUT2D eigenvalue weighted by Gasteiger charge is 2.20. The summed E-state index contributed by atoms with van der Waals surface area (Å²) < 4.78 is 29.0. The van der Waals surface area contributed by atoms with E-state index in [9.17, 15) is 0 Å². The number of nitrogens with zero attached hydrogens (tertiary/aromatic N) is 22. The highest BCUT2D eigenvalue weighted by Crippen LogP contribution is 2.31. The van der Waals surface area contributed by atoms with Crippen LogP contribution in [-0.2, 0) is 34.4 Å². The molecule has 0 fully saturated rings. The average Bonchev–Trinajstić information content (AvgIpc) is 1.65. The van der Waals surface area contributed by atoms with Crippen molar-refractivity contribution in [2.45, 2.75) is 162 Å². The van der Waals surface area contributed by atoms with Gasteiger partial charge in [-0.15, -0.1) is 0 Å². The number of fused-ring (bicyclic) bond motifs is 4. The molecule has 2 N–H and O–H groups in total. The zero-order chi connectivity index (χ0) is 71.8. The van der Waals surface area contributed by atoms with Gasteiger partial charge in [0.1, 0.15) is 68.1 Å². The average molecular weight is 1400 g/mol. The lowest BCUT2D eigenvalue weighted by atomic mass is 10.2. The van der Waals surface area contributed by atoms with Gasteiger partial charge in [-0.1, -0.05) is 65.0 Å². The maximum Gasteiger partial charge on any atom is 0.145 e. The number of rotatable bonds is 25. The quantitative estimate of drug-likeness (QED) is 0.0305. The molecule has 12 rings (SSSR count). The number of allylic oxidation sites excluding steroid dienone is 2. The fourth-order valence-corrected chi connectivity index (χ4v) is 12.2. The first-order chi connectivity index (χ1) is 48.0. The van der Waals surface area contributed by atoms with Gasteiger partial charge in [0, 0.05) is 143 Å². The monoisotopic (exact) mass is 1400 g/mol. The molecule has 0 saturated carbocycles. The normalized spacial score (nSPS) is 12.4. The largest absolute Gasteiger partial charge is 0.361 e. The SMILES string of the molecule is C/C=C/C#N.CC(CC#N)n1cc(-c2ncnc3c2ccn3COCC[Si](C)(C)C)cn1.C[C@@H](CC#N)n1cc(-c2ncnc3[nH]ccc23)cn1.C[C@@H](CC#N)n1cc(-c2ncnc3c2ccn3COCC[Si](C)(C)C)cn1.C[Si](C)(C)CCOCn1ccc2c(-c3cn[nH]c3)ncnc21. The van der Waals surface area contributed by atoms with E-state index in [-0.39, 0.29) is 18.1 Å². The van der Waals surface area contributed by atoms with E-state index in [1.54, 1.807) is 54.5 Å². The van der Waals surface area contributed by atoms with Gasteiger partial charge >= 0.3 is 0 Å². The van der Waals surface area contributed by atoms with E-state index in [2.05, 4.69) is 147 Å². The van der Waals surface area contributed by atoms with E-state index in [0.29, 0.717) is 39.5 Å².